The van der Waals surface area contributed by atoms with E-state index in [9.17, 15) is 0 Å². The largest absolute Gasteiger partial charge is 4.00 e. The Kier molecular flexibility index (Phi) is 21.0. The van der Waals surface area contributed by atoms with Crippen LogP contribution in [0.2, 0.25) is 0 Å². The standard InChI is InChI=1S/C10H19N3.2C2H7N.Ti/c1-12(2)7-9-5-6-10(11-9)8-13(3)4;2*1-3-2;/h5-6,11H,7-8H2,1-4H3;2*3H,1-2H3;/q;;;+4. The van der Waals surface area contributed by atoms with Gasteiger partial charge in [-0.25, -0.2) is 0 Å². The molecule has 0 aromatic carbocycles. The topological polar surface area (TPSA) is 46.3 Å². The van der Waals surface area contributed by atoms with E-state index in [0.717, 1.165) is 13.1 Å². The smallest absolute Gasteiger partial charge is 0.360 e. The molecule has 1 heterocycles. The van der Waals surface area contributed by atoms with E-state index in [4.69, 9.17) is 0 Å². The molecule has 20 heavy (non-hydrogen) atoms. The van der Waals surface area contributed by atoms with Crippen molar-refractivity contribution in [1.29, 1.82) is 0 Å². The Balaban J connectivity index is -0.000000356. The Hall–Kier alpha value is -0.166. The second kappa shape index (κ2) is 16.9. The fourth-order valence-electron chi connectivity index (χ4n) is 1.36. The summed E-state index contributed by atoms with van der Waals surface area (Å²) in [4.78, 5) is 7.71. The van der Waals surface area contributed by atoms with Gasteiger partial charge < -0.3 is 25.4 Å². The van der Waals surface area contributed by atoms with Crippen LogP contribution in [0.4, 0.5) is 0 Å². The molecule has 0 saturated heterocycles. The first kappa shape index (κ1) is 24.8. The molecule has 3 N–H and O–H groups in total. The van der Waals surface area contributed by atoms with Gasteiger partial charge in [0, 0.05) is 24.5 Å². The predicted octanol–water partition coefficient (Wildman–Crippen LogP) is 0.807. The summed E-state index contributed by atoms with van der Waals surface area (Å²) < 4.78 is 0. The Labute approximate surface area is 140 Å². The third-order valence-electron chi connectivity index (χ3n) is 1.78. The quantitative estimate of drug-likeness (QED) is 0.719. The maximum absolute atomic E-state index is 3.39. The number of hydrogen-bond donors (Lipinski definition) is 3. The van der Waals surface area contributed by atoms with Gasteiger partial charge in [0.2, 0.25) is 0 Å². The van der Waals surface area contributed by atoms with Gasteiger partial charge in [-0.1, -0.05) is 0 Å². The summed E-state index contributed by atoms with van der Waals surface area (Å²) in [6.45, 7) is 1.96. The van der Waals surface area contributed by atoms with Crippen LogP contribution in [0.5, 0.6) is 0 Å². The Bertz CT molecular complexity index is 260. The molecule has 6 heteroatoms. The average Bonchev–Trinajstić information content (AvgIpc) is 2.65. The summed E-state index contributed by atoms with van der Waals surface area (Å²) in [5.41, 5.74) is 2.56. The van der Waals surface area contributed by atoms with Crippen molar-refractivity contribution < 1.29 is 21.7 Å². The van der Waals surface area contributed by atoms with Gasteiger partial charge in [0.25, 0.3) is 0 Å². The van der Waals surface area contributed by atoms with Crippen LogP contribution in [0.3, 0.4) is 0 Å². The van der Waals surface area contributed by atoms with Crippen molar-refractivity contribution in [3.8, 4) is 0 Å². The zero-order chi connectivity index (χ0) is 15.3. The summed E-state index contributed by atoms with van der Waals surface area (Å²) in [6, 6.07) is 4.30. The van der Waals surface area contributed by atoms with Crippen LogP contribution in [-0.4, -0.2) is 71.2 Å². The van der Waals surface area contributed by atoms with Crippen LogP contribution in [0, 0.1) is 0 Å². The molecular formula is C14H33N5Ti+4. The second-order valence-corrected chi connectivity index (χ2v) is 4.98. The molecule has 0 saturated carbocycles. The van der Waals surface area contributed by atoms with Gasteiger partial charge in [-0.3, -0.25) is 0 Å². The first-order valence-corrected chi connectivity index (χ1v) is 6.54. The molecule has 0 amide bonds. The molecule has 0 spiro atoms. The third kappa shape index (κ3) is 17.8. The Morgan fingerprint density at radius 1 is 0.800 bits per heavy atom. The minimum atomic E-state index is 0. The molecule has 0 bridgehead atoms. The zero-order valence-electron chi connectivity index (χ0n) is 14.5. The minimum Gasteiger partial charge on any atom is -0.360 e. The fraction of sp³-hybridized carbons (Fsp3) is 0.714. The van der Waals surface area contributed by atoms with Crippen LogP contribution in [0.1, 0.15) is 11.4 Å². The van der Waals surface area contributed by atoms with E-state index in [0.29, 0.717) is 0 Å². The van der Waals surface area contributed by atoms with Crippen LogP contribution in [0.15, 0.2) is 12.1 Å². The predicted molar refractivity (Wildman–Crippen MR) is 85.5 cm³/mol. The maximum atomic E-state index is 3.39. The van der Waals surface area contributed by atoms with Gasteiger partial charge in [0.15, 0.2) is 0 Å². The number of hydrogen-bond acceptors (Lipinski definition) is 4. The summed E-state index contributed by atoms with van der Waals surface area (Å²) in [7, 11) is 15.8. The summed E-state index contributed by atoms with van der Waals surface area (Å²) in [6.07, 6.45) is 0. The van der Waals surface area contributed by atoms with Crippen molar-refractivity contribution in [3.05, 3.63) is 23.5 Å². The molecule has 0 radical (unpaired) electrons. The minimum absolute atomic E-state index is 0. The third-order valence-corrected chi connectivity index (χ3v) is 1.78. The normalized spacial score (nSPS) is 9.30. The molecule has 0 unspecified atom stereocenters. The fourth-order valence-corrected chi connectivity index (χ4v) is 1.36. The number of nitrogens with zero attached hydrogens (tertiary/aromatic N) is 2. The van der Waals surface area contributed by atoms with Crippen LogP contribution in [0.25, 0.3) is 0 Å². The van der Waals surface area contributed by atoms with E-state index in [-0.39, 0.29) is 21.7 Å². The van der Waals surface area contributed by atoms with E-state index < -0.39 is 0 Å². The summed E-state index contributed by atoms with van der Waals surface area (Å²) >= 11 is 0. The molecule has 114 valence electrons. The second-order valence-electron chi connectivity index (χ2n) is 4.98. The zero-order valence-corrected chi connectivity index (χ0v) is 16.0. The van der Waals surface area contributed by atoms with Gasteiger partial charge in [-0.2, -0.15) is 0 Å². The molecule has 1 aromatic rings. The van der Waals surface area contributed by atoms with Crippen molar-refractivity contribution in [2.24, 2.45) is 0 Å². The molecule has 0 aliphatic rings. The molecule has 0 atom stereocenters. The molecule has 0 aliphatic heterocycles. The SMILES string of the molecule is CN(C)Cc1ccc(CN(C)C)[nH]1.CNC.CNC.[Ti+4]. The van der Waals surface area contributed by atoms with E-state index in [2.05, 4.69) is 65.7 Å². The Morgan fingerprint density at radius 2 is 1.05 bits per heavy atom. The molecular weight excluding hydrogens is 286 g/mol. The number of aromatic nitrogens is 1. The van der Waals surface area contributed by atoms with Crippen molar-refractivity contribution in [2.75, 3.05) is 56.4 Å². The van der Waals surface area contributed by atoms with E-state index in [1.165, 1.54) is 11.4 Å². The van der Waals surface area contributed by atoms with Crippen molar-refractivity contribution in [2.45, 2.75) is 13.1 Å². The van der Waals surface area contributed by atoms with E-state index >= 15 is 0 Å². The number of nitrogens with one attached hydrogen (secondary N) is 3. The Morgan fingerprint density at radius 3 is 1.25 bits per heavy atom. The number of aromatic amines is 1. The van der Waals surface area contributed by atoms with Crippen molar-refractivity contribution in [1.82, 2.24) is 25.4 Å². The molecule has 5 nitrogen and oxygen atoms in total. The first-order chi connectivity index (χ1) is 8.90. The molecule has 0 fully saturated rings. The molecule has 0 aliphatic carbocycles. The van der Waals surface area contributed by atoms with Crippen molar-refractivity contribution >= 4 is 0 Å². The average molecular weight is 319 g/mol. The summed E-state index contributed by atoms with van der Waals surface area (Å²) in [5.74, 6) is 0. The van der Waals surface area contributed by atoms with Gasteiger partial charge in [-0.05, 0) is 68.5 Å². The maximum Gasteiger partial charge on any atom is 4.00 e. The van der Waals surface area contributed by atoms with E-state index in [1.807, 2.05) is 28.2 Å². The van der Waals surface area contributed by atoms with Crippen LogP contribution in [-0.2, 0) is 34.8 Å². The van der Waals surface area contributed by atoms with Crippen molar-refractivity contribution in [3.63, 3.8) is 0 Å². The summed E-state index contributed by atoms with van der Waals surface area (Å²) in [5, 5.41) is 5.50. The van der Waals surface area contributed by atoms with Crippen LogP contribution >= 0.6 is 0 Å². The van der Waals surface area contributed by atoms with Gasteiger partial charge in [0.05, 0.1) is 0 Å². The number of rotatable bonds is 4. The van der Waals surface area contributed by atoms with Crippen LogP contribution < -0.4 is 10.6 Å². The monoisotopic (exact) mass is 319 g/mol. The molecule has 1 aromatic heterocycles. The number of H-pyrrole nitrogens is 1. The van der Waals surface area contributed by atoms with Gasteiger partial charge >= 0.3 is 21.7 Å². The van der Waals surface area contributed by atoms with Gasteiger partial charge in [-0.15, -0.1) is 0 Å². The molecule has 1 rings (SSSR count). The first-order valence-electron chi connectivity index (χ1n) is 6.54. The van der Waals surface area contributed by atoms with Gasteiger partial charge in [0.1, 0.15) is 0 Å². The van der Waals surface area contributed by atoms with E-state index in [1.54, 1.807) is 0 Å².